The van der Waals surface area contributed by atoms with Gasteiger partial charge in [0, 0.05) is 5.75 Å². The van der Waals surface area contributed by atoms with Crippen molar-refractivity contribution >= 4 is 52.9 Å². The van der Waals surface area contributed by atoms with Gasteiger partial charge in [-0.3, -0.25) is 9.69 Å². The lowest BCUT2D eigenvalue weighted by atomic mass is 10.1. The molecule has 2 amide bonds. The summed E-state index contributed by atoms with van der Waals surface area (Å²) >= 11 is 12.3. The van der Waals surface area contributed by atoms with Gasteiger partial charge in [-0.05, 0) is 0 Å². The maximum absolute atomic E-state index is 11.8. The molecule has 0 aromatic rings. The zero-order valence-electron chi connectivity index (χ0n) is 9.26. The highest BCUT2D eigenvalue weighted by Crippen LogP contribution is 2.41. The zero-order chi connectivity index (χ0) is 14.2. The number of nitrogens with zero attached hydrogens (tertiary/aromatic N) is 1. The van der Waals surface area contributed by atoms with Gasteiger partial charge in [0.2, 0.25) is 0 Å². The second-order valence-corrected chi connectivity index (χ2v) is 5.41. The Hall–Kier alpha value is -1.12. The summed E-state index contributed by atoms with van der Waals surface area (Å²) in [5.41, 5.74) is -0.237. The summed E-state index contributed by atoms with van der Waals surface area (Å²) in [6.45, 7) is 0. The van der Waals surface area contributed by atoms with Gasteiger partial charge in [-0.15, -0.1) is 11.8 Å². The fourth-order valence-electron chi connectivity index (χ4n) is 1.80. The van der Waals surface area contributed by atoms with E-state index in [2.05, 4.69) is 10.1 Å². The minimum atomic E-state index is -1.27. The Bertz CT molecular complexity index is 483. The molecule has 0 bridgehead atoms. The fourth-order valence-corrected chi connectivity index (χ4v) is 3.45. The van der Waals surface area contributed by atoms with Crippen LogP contribution in [-0.2, 0) is 14.3 Å². The van der Waals surface area contributed by atoms with Gasteiger partial charge in [-0.2, -0.15) is 0 Å². The van der Waals surface area contributed by atoms with E-state index in [1.165, 1.54) is 11.8 Å². The minimum Gasteiger partial charge on any atom is -0.477 e. The monoisotopic (exact) mass is 326 g/mol. The number of alkyl carbamates (subject to hydrolysis) is 1. The number of β-lactam (4-membered cyclic amide) rings is 1. The zero-order valence-corrected chi connectivity index (χ0v) is 11.6. The number of hydrogen-bond acceptors (Lipinski definition) is 5. The standard InChI is InChI=1S/C9H8Cl2N2O5S/c10-2-18-9(17)12-4-6(14)13-5(8(15)16)3(11)1-19-7(4)13/h4,7H,1-2H2,(H,12,17)(H,15,16). The van der Waals surface area contributed by atoms with E-state index in [9.17, 15) is 14.4 Å². The fraction of sp³-hybridized carbons (Fsp3) is 0.444. The lowest BCUT2D eigenvalue weighted by molar-refractivity contribution is -0.148. The Kier molecular flexibility index (Phi) is 4.12. The Morgan fingerprint density at radius 3 is 2.84 bits per heavy atom. The summed E-state index contributed by atoms with van der Waals surface area (Å²) in [6, 6.07) is -1.17. The van der Waals surface area contributed by atoms with Crippen molar-refractivity contribution in [1.82, 2.24) is 10.2 Å². The number of ether oxygens (including phenoxy) is 1. The number of thioether (sulfide) groups is 1. The van der Waals surface area contributed by atoms with Crippen LogP contribution in [0.5, 0.6) is 0 Å². The molecule has 0 aromatic heterocycles. The van der Waals surface area contributed by atoms with Crippen LogP contribution in [0, 0.1) is 0 Å². The largest absolute Gasteiger partial charge is 0.477 e. The van der Waals surface area contributed by atoms with Crippen LogP contribution in [0.4, 0.5) is 4.79 Å². The average molecular weight is 327 g/mol. The highest BCUT2D eigenvalue weighted by Gasteiger charge is 2.54. The summed E-state index contributed by atoms with van der Waals surface area (Å²) in [6.07, 6.45) is -0.828. The number of amides is 2. The van der Waals surface area contributed by atoms with E-state index in [4.69, 9.17) is 28.3 Å². The first-order valence-corrected chi connectivity index (χ1v) is 6.99. The number of fused-ring (bicyclic) bond motifs is 1. The maximum atomic E-state index is 11.8. The van der Waals surface area contributed by atoms with E-state index in [1.807, 2.05) is 0 Å². The van der Waals surface area contributed by atoms with Crippen LogP contribution in [0.25, 0.3) is 0 Å². The Morgan fingerprint density at radius 1 is 1.58 bits per heavy atom. The average Bonchev–Trinajstić information content (AvgIpc) is 2.35. The predicted molar refractivity (Wildman–Crippen MR) is 67.7 cm³/mol. The van der Waals surface area contributed by atoms with Crippen LogP contribution in [0.1, 0.15) is 0 Å². The van der Waals surface area contributed by atoms with Gasteiger partial charge < -0.3 is 15.2 Å². The molecule has 0 saturated carbocycles. The molecule has 2 atom stereocenters. The van der Waals surface area contributed by atoms with E-state index in [0.29, 0.717) is 0 Å². The summed E-state index contributed by atoms with van der Waals surface area (Å²) < 4.78 is 4.45. The van der Waals surface area contributed by atoms with Crippen molar-refractivity contribution < 1.29 is 24.2 Å². The van der Waals surface area contributed by atoms with E-state index >= 15 is 0 Å². The number of carboxylic acid groups (broad SMARTS) is 1. The highest BCUT2D eigenvalue weighted by atomic mass is 35.5. The first-order valence-electron chi connectivity index (χ1n) is 5.03. The summed E-state index contributed by atoms with van der Waals surface area (Å²) in [5.74, 6) is -1.55. The molecule has 1 fully saturated rings. The van der Waals surface area contributed by atoms with Crippen molar-refractivity contribution in [2.24, 2.45) is 0 Å². The van der Waals surface area contributed by atoms with E-state index in [-0.39, 0.29) is 22.5 Å². The molecule has 10 heteroatoms. The molecule has 0 aromatic carbocycles. The summed E-state index contributed by atoms with van der Waals surface area (Å²) in [5, 5.41) is 11.0. The molecule has 2 aliphatic heterocycles. The Morgan fingerprint density at radius 2 is 2.26 bits per heavy atom. The van der Waals surface area contributed by atoms with Crippen molar-refractivity contribution in [2.45, 2.75) is 11.4 Å². The number of rotatable bonds is 3. The second kappa shape index (κ2) is 5.48. The molecule has 19 heavy (non-hydrogen) atoms. The third-order valence-electron chi connectivity index (χ3n) is 2.58. The highest BCUT2D eigenvalue weighted by molar-refractivity contribution is 8.00. The smallest absolute Gasteiger partial charge is 0.409 e. The normalized spacial score (nSPS) is 25.6. The third-order valence-corrected chi connectivity index (χ3v) is 4.44. The molecule has 2 heterocycles. The first-order chi connectivity index (χ1) is 8.97. The molecule has 1 saturated heterocycles. The molecule has 2 aliphatic rings. The number of hydrogen-bond donors (Lipinski definition) is 2. The number of carboxylic acids is 1. The predicted octanol–water partition coefficient (Wildman–Crippen LogP) is 0.728. The van der Waals surface area contributed by atoms with Gasteiger partial charge in [0.25, 0.3) is 5.91 Å². The second-order valence-electron chi connectivity index (χ2n) is 3.63. The van der Waals surface area contributed by atoms with Gasteiger partial charge in [0.1, 0.15) is 17.1 Å². The van der Waals surface area contributed by atoms with Crippen LogP contribution in [-0.4, -0.2) is 51.2 Å². The van der Waals surface area contributed by atoms with E-state index in [1.54, 1.807) is 0 Å². The number of nitrogens with one attached hydrogen (secondary N) is 1. The Balaban J connectivity index is 2.11. The molecule has 0 spiro atoms. The molecule has 104 valence electrons. The number of carbonyl (C=O) groups is 3. The molecule has 7 nitrogen and oxygen atoms in total. The summed E-state index contributed by atoms with van der Waals surface area (Å²) in [4.78, 5) is 35.2. The van der Waals surface area contributed by atoms with Crippen molar-refractivity contribution in [3.05, 3.63) is 10.7 Å². The van der Waals surface area contributed by atoms with Crippen LogP contribution < -0.4 is 5.32 Å². The van der Waals surface area contributed by atoms with Crippen molar-refractivity contribution in [3.8, 4) is 0 Å². The van der Waals surface area contributed by atoms with Gasteiger partial charge >= 0.3 is 12.1 Å². The molecule has 2 N–H and O–H groups in total. The SMILES string of the molecule is O=C(NC1C(=O)N2C(C(=O)O)=C(Cl)CSC12)OCCl. The van der Waals surface area contributed by atoms with Gasteiger partial charge in [-0.25, -0.2) is 9.59 Å². The van der Waals surface area contributed by atoms with Crippen LogP contribution in [0.15, 0.2) is 10.7 Å². The molecule has 2 rings (SSSR count). The first kappa shape index (κ1) is 14.3. The van der Waals surface area contributed by atoms with E-state index in [0.717, 1.165) is 4.90 Å². The molecule has 0 radical (unpaired) electrons. The number of carbonyl (C=O) groups excluding carboxylic acids is 2. The van der Waals surface area contributed by atoms with Crippen LogP contribution in [0.2, 0.25) is 0 Å². The third kappa shape index (κ3) is 2.47. The van der Waals surface area contributed by atoms with Gasteiger partial charge in [0.05, 0.1) is 5.03 Å². The Labute approximate surface area is 121 Å². The lowest BCUT2D eigenvalue weighted by Crippen LogP contribution is -2.70. The van der Waals surface area contributed by atoms with E-state index < -0.39 is 29.4 Å². The lowest BCUT2D eigenvalue weighted by Gasteiger charge is -2.48. The molecular weight excluding hydrogens is 319 g/mol. The summed E-state index contributed by atoms with van der Waals surface area (Å²) in [7, 11) is 0. The van der Waals surface area contributed by atoms with Crippen molar-refractivity contribution in [2.75, 3.05) is 11.8 Å². The number of halogens is 2. The van der Waals surface area contributed by atoms with Crippen LogP contribution >= 0.6 is 35.0 Å². The quantitative estimate of drug-likeness (QED) is 0.586. The molecular formula is C9H8Cl2N2O5S. The number of aliphatic carboxylic acids is 1. The van der Waals surface area contributed by atoms with Crippen molar-refractivity contribution in [3.63, 3.8) is 0 Å². The maximum Gasteiger partial charge on any atom is 0.409 e. The van der Waals surface area contributed by atoms with Gasteiger partial charge in [0.15, 0.2) is 6.07 Å². The van der Waals surface area contributed by atoms with Crippen molar-refractivity contribution in [1.29, 1.82) is 0 Å². The topological polar surface area (TPSA) is 95.9 Å². The van der Waals surface area contributed by atoms with Crippen LogP contribution in [0.3, 0.4) is 0 Å². The molecule has 2 unspecified atom stereocenters. The number of alkyl halides is 1. The van der Waals surface area contributed by atoms with Gasteiger partial charge in [-0.1, -0.05) is 23.2 Å². The molecule has 0 aliphatic carbocycles. The minimum absolute atomic E-state index is 0.101.